The van der Waals surface area contributed by atoms with E-state index in [1.165, 1.54) is 0 Å². The van der Waals surface area contributed by atoms with Gasteiger partial charge in [0, 0.05) is 27.8 Å². The van der Waals surface area contributed by atoms with Crippen molar-refractivity contribution >= 4 is 39.2 Å². The molecule has 0 spiro atoms. The van der Waals surface area contributed by atoms with Crippen LogP contribution in [-0.4, -0.2) is 24.7 Å². The summed E-state index contributed by atoms with van der Waals surface area (Å²) in [6.07, 6.45) is 0. The van der Waals surface area contributed by atoms with Crippen LogP contribution in [0.4, 0.5) is 0 Å². The van der Waals surface area contributed by atoms with Crippen LogP contribution in [0.1, 0.15) is 41.7 Å². The number of hydrogen-bond acceptors (Lipinski definition) is 5. The smallest absolute Gasteiger partial charge is 0.143 e. The minimum absolute atomic E-state index is 0.411. The quantitative estimate of drug-likeness (QED) is 0.281. The molecule has 2 heterocycles. The Bertz CT molecular complexity index is 1830. The van der Waals surface area contributed by atoms with Gasteiger partial charge in [-0.25, -0.2) is 9.98 Å². The van der Waals surface area contributed by atoms with Gasteiger partial charge in [0.2, 0.25) is 0 Å². The zero-order chi connectivity index (χ0) is 27.1. The number of fused-ring (bicyclic) bond motifs is 6. The molecule has 3 atom stereocenters. The van der Waals surface area contributed by atoms with E-state index in [2.05, 4.69) is 80.6 Å². The standard InChI is InChI=1S/C35H26N2OS2/c1-33-29(36-31(39-33)22-14-6-3-7-15-22)27-25-20-12-13-21-26(25)35(38,24-18-10-5-11-19-24)28(27)30-34(33,2)40-32(37-30)23-16-8-4-9-17-23/h3-21,38H,1-2H3/t33-,34-,35+/m0/s1. The van der Waals surface area contributed by atoms with Crippen LogP contribution in [0.3, 0.4) is 0 Å². The first-order valence-electron chi connectivity index (χ1n) is 13.5. The fourth-order valence-electron chi connectivity index (χ4n) is 6.57. The maximum absolute atomic E-state index is 13.0. The van der Waals surface area contributed by atoms with Gasteiger partial charge >= 0.3 is 0 Å². The van der Waals surface area contributed by atoms with Crippen molar-refractivity contribution in [3.8, 4) is 0 Å². The Hall–Kier alpha value is -3.64. The normalized spacial score (nSPS) is 28.1. The number of aliphatic hydroxyl groups is 1. The third-order valence-electron chi connectivity index (χ3n) is 8.75. The van der Waals surface area contributed by atoms with E-state index in [4.69, 9.17) is 9.98 Å². The molecular formula is C35H26N2OS2. The van der Waals surface area contributed by atoms with Crippen LogP contribution >= 0.6 is 23.5 Å². The minimum atomic E-state index is -1.34. The Morgan fingerprint density at radius 2 is 1.05 bits per heavy atom. The van der Waals surface area contributed by atoms with Crippen molar-refractivity contribution in [3.63, 3.8) is 0 Å². The molecule has 2 aliphatic carbocycles. The van der Waals surface area contributed by atoms with Crippen molar-refractivity contribution in [2.24, 2.45) is 9.98 Å². The average Bonchev–Trinajstić information content (AvgIpc) is 3.64. The third-order valence-corrected chi connectivity index (χ3v) is 11.9. The van der Waals surface area contributed by atoms with Crippen LogP contribution in [-0.2, 0) is 5.60 Å². The molecule has 0 saturated heterocycles. The summed E-state index contributed by atoms with van der Waals surface area (Å²) in [6, 6.07) is 39.1. The number of thioether (sulfide) groups is 2. The van der Waals surface area contributed by atoms with Crippen molar-refractivity contribution in [1.29, 1.82) is 0 Å². The van der Waals surface area contributed by atoms with E-state index >= 15 is 0 Å². The fourth-order valence-corrected chi connectivity index (χ4v) is 9.45. The fraction of sp³-hybridized carbons (Fsp3) is 0.143. The SMILES string of the molecule is C[C@]12SC(c3ccccc3)=NC1=C1C(=C3N=C(c4ccccc4)S[C@@]32C)[C@@](O)(c2ccccc2)c2ccccc21. The van der Waals surface area contributed by atoms with Gasteiger partial charge in [0.1, 0.15) is 15.7 Å². The summed E-state index contributed by atoms with van der Waals surface area (Å²) in [5.74, 6) is 0. The van der Waals surface area contributed by atoms with Crippen molar-refractivity contribution < 1.29 is 5.11 Å². The summed E-state index contributed by atoms with van der Waals surface area (Å²) in [4.78, 5) is 10.8. The molecule has 5 heteroatoms. The summed E-state index contributed by atoms with van der Waals surface area (Å²) in [5.41, 5.74) is 7.48. The molecule has 3 nitrogen and oxygen atoms in total. The largest absolute Gasteiger partial charge is 0.376 e. The highest BCUT2D eigenvalue weighted by Crippen LogP contribution is 2.70. The third kappa shape index (κ3) is 3.03. The molecule has 1 N–H and O–H groups in total. The maximum atomic E-state index is 13.0. The van der Waals surface area contributed by atoms with E-state index in [1.54, 1.807) is 11.8 Å². The second kappa shape index (κ2) is 8.43. The molecule has 4 aliphatic rings. The van der Waals surface area contributed by atoms with Crippen LogP contribution in [0.5, 0.6) is 0 Å². The van der Waals surface area contributed by atoms with Gasteiger partial charge in [-0.05, 0) is 25.0 Å². The Morgan fingerprint density at radius 1 is 0.575 bits per heavy atom. The van der Waals surface area contributed by atoms with E-state index in [1.807, 2.05) is 60.3 Å². The van der Waals surface area contributed by atoms with E-state index in [0.29, 0.717) is 0 Å². The lowest BCUT2D eigenvalue weighted by Gasteiger charge is -2.45. The van der Waals surface area contributed by atoms with E-state index in [0.717, 1.165) is 60.4 Å². The highest BCUT2D eigenvalue weighted by Gasteiger charge is 2.65. The molecule has 4 aromatic carbocycles. The average molecular weight is 555 g/mol. The second-order valence-electron chi connectivity index (χ2n) is 10.9. The molecule has 0 aromatic heterocycles. The van der Waals surface area contributed by atoms with Gasteiger partial charge in [-0.1, -0.05) is 139 Å². The molecule has 0 bridgehead atoms. The molecule has 0 amide bonds. The Morgan fingerprint density at radius 3 is 1.65 bits per heavy atom. The number of aliphatic imine (C=N–C) groups is 2. The van der Waals surface area contributed by atoms with Gasteiger partial charge in [0.25, 0.3) is 0 Å². The van der Waals surface area contributed by atoms with Gasteiger partial charge in [0.05, 0.1) is 20.9 Å². The lowest BCUT2D eigenvalue weighted by Crippen LogP contribution is -2.49. The first-order valence-corrected chi connectivity index (χ1v) is 15.1. The van der Waals surface area contributed by atoms with Crippen molar-refractivity contribution in [2.45, 2.75) is 28.9 Å². The number of benzene rings is 4. The highest BCUT2D eigenvalue weighted by molar-refractivity contribution is 8.20. The van der Waals surface area contributed by atoms with Gasteiger partial charge in [-0.3, -0.25) is 0 Å². The molecule has 2 aliphatic heterocycles. The van der Waals surface area contributed by atoms with Crippen LogP contribution < -0.4 is 0 Å². The van der Waals surface area contributed by atoms with Gasteiger partial charge in [-0.2, -0.15) is 0 Å². The topological polar surface area (TPSA) is 45.0 Å². The molecule has 0 radical (unpaired) electrons. The summed E-state index contributed by atoms with van der Waals surface area (Å²) >= 11 is 3.62. The first kappa shape index (κ1) is 24.2. The number of rotatable bonds is 3. The summed E-state index contributed by atoms with van der Waals surface area (Å²) in [6.45, 7) is 4.61. The Balaban J connectivity index is 1.48. The molecule has 8 rings (SSSR count). The first-order chi connectivity index (χ1) is 19.4. The maximum Gasteiger partial charge on any atom is 0.143 e. The summed E-state index contributed by atoms with van der Waals surface area (Å²) < 4.78 is -0.881. The summed E-state index contributed by atoms with van der Waals surface area (Å²) in [7, 11) is 0. The summed E-state index contributed by atoms with van der Waals surface area (Å²) in [5, 5.41) is 15.0. The molecule has 40 heavy (non-hydrogen) atoms. The van der Waals surface area contributed by atoms with Crippen LogP contribution in [0.2, 0.25) is 0 Å². The van der Waals surface area contributed by atoms with Crippen molar-refractivity contribution in [3.05, 3.63) is 160 Å². The van der Waals surface area contributed by atoms with Crippen molar-refractivity contribution in [1.82, 2.24) is 0 Å². The molecule has 0 saturated carbocycles. The highest BCUT2D eigenvalue weighted by atomic mass is 32.2. The van der Waals surface area contributed by atoms with Crippen LogP contribution in [0, 0.1) is 0 Å². The number of nitrogens with zero attached hydrogens (tertiary/aromatic N) is 2. The predicted molar refractivity (Wildman–Crippen MR) is 168 cm³/mol. The van der Waals surface area contributed by atoms with Gasteiger partial charge < -0.3 is 5.11 Å². The van der Waals surface area contributed by atoms with Gasteiger partial charge in [-0.15, -0.1) is 0 Å². The predicted octanol–water partition coefficient (Wildman–Crippen LogP) is 7.82. The van der Waals surface area contributed by atoms with E-state index in [-0.39, 0.29) is 0 Å². The van der Waals surface area contributed by atoms with Crippen molar-refractivity contribution in [2.75, 3.05) is 0 Å². The second-order valence-corrected chi connectivity index (χ2v) is 13.7. The Kier molecular flexibility index (Phi) is 5.10. The zero-order valence-electron chi connectivity index (χ0n) is 22.1. The molecular weight excluding hydrogens is 529 g/mol. The molecule has 0 fully saturated rings. The van der Waals surface area contributed by atoms with Gasteiger partial charge in [0.15, 0.2) is 0 Å². The van der Waals surface area contributed by atoms with E-state index < -0.39 is 15.1 Å². The molecule has 194 valence electrons. The number of hydrogen-bond donors (Lipinski definition) is 1. The zero-order valence-corrected chi connectivity index (χ0v) is 23.8. The monoisotopic (exact) mass is 554 g/mol. The minimum Gasteiger partial charge on any atom is -0.376 e. The molecule has 0 unspecified atom stereocenters. The van der Waals surface area contributed by atoms with E-state index in [9.17, 15) is 5.11 Å². The molecule has 4 aromatic rings. The Labute approximate surface area is 242 Å². The van der Waals surface area contributed by atoms with Crippen LogP contribution in [0.25, 0.3) is 5.57 Å². The lowest BCUT2D eigenvalue weighted by atomic mass is 9.73. The lowest BCUT2D eigenvalue weighted by molar-refractivity contribution is 0.128. The van der Waals surface area contributed by atoms with Crippen LogP contribution in [0.15, 0.2) is 142 Å².